The summed E-state index contributed by atoms with van der Waals surface area (Å²) in [6.45, 7) is 8.62. The molecule has 1 heterocycles. The lowest BCUT2D eigenvalue weighted by atomic mass is 9.94. The summed E-state index contributed by atoms with van der Waals surface area (Å²) in [5.74, 6) is 0.361. The molecule has 1 aliphatic rings. The maximum Gasteiger partial charge on any atom is 0.320 e. The minimum Gasteiger partial charge on any atom is -0.325 e. The molecule has 0 aromatic carbocycles. The predicted octanol–water partition coefficient (Wildman–Crippen LogP) is 1.75. The standard InChI is InChI=1S/C12H22N2O2/c1-4-10-9-14(8-7-11(10)15)12(16)13(5-2)6-3/h10H,4-9H2,1-3H3. The summed E-state index contributed by atoms with van der Waals surface area (Å²) in [5.41, 5.74) is 0. The molecule has 1 unspecified atom stereocenters. The molecular formula is C12H22N2O2. The number of piperidine rings is 1. The maximum absolute atomic E-state index is 12.1. The molecule has 0 aliphatic carbocycles. The van der Waals surface area contributed by atoms with Gasteiger partial charge in [0.2, 0.25) is 0 Å². The topological polar surface area (TPSA) is 40.6 Å². The molecule has 0 bridgehead atoms. The van der Waals surface area contributed by atoms with Crippen molar-refractivity contribution in [3.8, 4) is 0 Å². The minimum absolute atomic E-state index is 0.0493. The summed E-state index contributed by atoms with van der Waals surface area (Å²) in [6, 6.07) is 0.0796. The van der Waals surface area contributed by atoms with Crippen molar-refractivity contribution in [2.24, 2.45) is 5.92 Å². The zero-order valence-electron chi connectivity index (χ0n) is 10.5. The predicted molar refractivity (Wildman–Crippen MR) is 63.3 cm³/mol. The van der Waals surface area contributed by atoms with Gasteiger partial charge in [0.25, 0.3) is 0 Å². The molecular weight excluding hydrogens is 204 g/mol. The number of nitrogens with zero attached hydrogens (tertiary/aromatic N) is 2. The summed E-state index contributed by atoms with van der Waals surface area (Å²) >= 11 is 0. The first kappa shape index (κ1) is 13.0. The molecule has 0 radical (unpaired) electrons. The average Bonchev–Trinajstić information content (AvgIpc) is 2.31. The van der Waals surface area contributed by atoms with Crippen LogP contribution in [-0.2, 0) is 4.79 Å². The number of carbonyl (C=O) groups is 2. The van der Waals surface area contributed by atoms with Crippen LogP contribution in [0, 0.1) is 5.92 Å². The number of likely N-dealkylation sites (tertiary alicyclic amines) is 1. The van der Waals surface area contributed by atoms with Crippen molar-refractivity contribution in [3.63, 3.8) is 0 Å². The van der Waals surface area contributed by atoms with Crippen LogP contribution in [0.2, 0.25) is 0 Å². The first-order valence-electron chi connectivity index (χ1n) is 6.20. The maximum atomic E-state index is 12.1. The molecule has 1 rings (SSSR count). The van der Waals surface area contributed by atoms with Crippen molar-refractivity contribution in [2.75, 3.05) is 26.2 Å². The van der Waals surface area contributed by atoms with Crippen LogP contribution < -0.4 is 0 Å². The van der Waals surface area contributed by atoms with Gasteiger partial charge in [0.15, 0.2) is 0 Å². The Kier molecular flexibility index (Phi) is 4.77. The van der Waals surface area contributed by atoms with Crippen molar-refractivity contribution in [1.29, 1.82) is 0 Å². The van der Waals surface area contributed by atoms with E-state index in [-0.39, 0.29) is 11.9 Å². The van der Waals surface area contributed by atoms with E-state index in [2.05, 4.69) is 0 Å². The molecule has 0 N–H and O–H groups in total. The number of carbonyl (C=O) groups excluding carboxylic acids is 2. The van der Waals surface area contributed by atoms with Crippen molar-refractivity contribution in [2.45, 2.75) is 33.6 Å². The van der Waals surface area contributed by atoms with Gasteiger partial charge in [0, 0.05) is 38.5 Å². The quantitative estimate of drug-likeness (QED) is 0.735. The molecule has 1 saturated heterocycles. The molecule has 1 atom stereocenters. The molecule has 4 nitrogen and oxygen atoms in total. The van der Waals surface area contributed by atoms with E-state index < -0.39 is 0 Å². The van der Waals surface area contributed by atoms with E-state index in [0.29, 0.717) is 25.3 Å². The lowest BCUT2D eigenvalue weighted by molar-refractivity contribution is -0.125. The van der Waals surface area contributed by atoms with Crippen LogP contribution in [0.5, 0.6) is 0 Å². The van der Waals surface area contributed by atoms with Crippen LogP contribution in [0.25, 0.3) is 0 Å². The molecule has 1 aliphatic heterocycles. The van der Waals surface area contributed by atoms with Crippen LogP contribution in [0.3, 0.4) is 0 Å². The van der Waals surface area contributed by atoms with Crippen molar-refractivity contribution < 1.29 is 9.59 Å². The van der Waals surface area contributed by atoms with Crippen molar-refractivity contribution in [3.05, 3.63) is 0 Å². The number of amides is 2. The summed E-state index contributed by atoms with van der Waals surface area (Å²) in [7, 11) is 0. The van der Waals surface area contributed by atoms with E-state index in [0.717, 1.165) is 19.5 Å². The van der Waals surface area contributed by atoms with Gasteiger partial charge in [-0.25, -0.2) is 4.79 Å². The lowest BCUT2D eigenvalue weighted by Gasteiger charge is -2.34. The largest absolute Gasteiger partial charge is 0.325 e. The second-order valence-corrected chi connectivity index (χ2v) is 4.22. The van der Waals surface area contributed by atoms with Gasteiger partial charge >= 0.3 is 6.03 Å². The Labute approximate surface area is 97.6 Å². The fourth-order valence-electron chi connectivity index (χ4n) is 2.13. The summed E-state index contributed by atoms with van der Waals surface area (Å²) < 4.78 is 0. The number of rotatable bonds is 3. The van der Waals surface area contributed by atoms with E-state index in [1.54, 1.807) is 0 Å². The third kappa shape index (κ3) is 2.74. The van der Waals surface area contributed by atoms with Gasteiger partial charge in [0.05, 0.1) is 0 Å². The second-order valence-electron chi connectivity index (χ2n) is 4.22. The molecule has 92 valence electrons. The van der Waals surface area contributed by atoms with E-state index in [9.17, 15) is 9.59 Å². The molecule has 0 aromatic heterocycles. The SMILES string of the molecule is CCC1CN(C(=O)N(CC)CC)CCC1=O. The zero-order valence-corrected chi connectivity index (χ0v) is 10.5. The minimum atomic E-state index is 0.0493. The van der Waals surface area contributed by atoms with Crippen LogP contribution in [0.15, 0.2) is 0 Å². The smallest absolute Gasteiger partial charge is 0.320 e. The van der Waals surface area contributed by atoms with Crippen LogP contribution in [0.1, 0.15) is 33.6 Å². The summed E-state index contributed by atoms with van der Waals surface area (Å²) in [6.07, 6.45) is 1.35. The average molecular weight is 226 g/mol. The van der Waals surface area contributed by atoms with Gasteiger partial charge in [-0.3, -0.25) is 4.79 Å². The first-order chi connectivity index (χ1) is 7.63. The number of urea groups is 1. The molecule has 2 amide bonds. The monoisotopic (exact) mass is 226 g/mol. The van der Waals surface area contributed by atoms with E-state index in [1.807, 2.05) is 30.6 Å². The van der Waals surface area contributed by atoms with Gasteiger partial charge in [0.1, 0.15) is 5.78 Å². The van der Waals surface area contributed by atoms with Gasteiger partial charge < -0.3 is 9.80 Å². The molecule has 0 saturated carbocycles. The van der Waals surface area contributed by atoms with Gasteiger partial charge in [-0.1, -0.05) is 6.92 Å². The fraction of sp³-hybridized carbons (Fsp3) is 0.833. The molecule has 0 aromatic rings. The highest BCUT2D eigenvalue weighted by Gasteiger charge is 2.29. The molecule has 4 heteroatoms. The molecule has 16 heavy (non-hydrogen) atoms. The van der Waals surface area contributed by atoms with Crippen LogP contribution >= 0.6 is 0 Å². The Hall–Kier alpha value is -1.06. The van der Waals surface area contributed by atoms with Gasteiger partial charge in [-0.15, -0.1) is 0 Å². The summed E-state index contributed by atoms with van der Waals surface area (Å²) in [5, 5.41) is 0. The van der Waals surface area contributed by atoms with Crippen molar-refractivity contribution >= 4 is 11.8 Å². The Balaban J connectivity index is 2.61. The fourth-order valence-corrected chi connectivity index (χ4v) is 2.13. The Morgan fingerprint density at radius 3 is 2.50 bits per heavy atom. The Bertz CT molecular complexity index is 262. The summed E-state index contributed by atoms with van der Waals surface area (Å²) in [4.78, 5) is 27.2. The highest BCUT2D eigenvalue weighted by atomic mass is 16.2. The lowest BCUT2D eigenvalue weighted by Crippen LogP contribution is -2.49. The highest BCUT2D eigenvalue weighted by Crippen LogP contribution is 2.17. The van der Waals surface area contributed by atoms with Gasteiger partial charge in [-0.05, 0) is 20.3 Å². The number of hydrogen-bond donors (Lipinski definition) is 0. The van der Waals surface area contributed by atoms with E-state index in [1.165, 1.54) is 0 Å². The van der Waals surface area contributed by atoms with Crippen molar-refractivity contribution in [1.82, 2.24) is 9.80 Å². The van der Waals surface area contributed by atoms with Crippen LogP contribution in [0.4, 0.5) is 4.79 Å². The third-order valence-corrected chi connectivity index (χ3v) is 3.32. The highest BCUT2D eigenvalue weighted by molar-refractivity contribution is 5.84. The second kappa shape index (κ2) is 5.87. The first-order valence-corrected chi connectivity index (χ1v) is 6.20. The van der Waals surface area contributed by atoms with Gasteiger partial charge in [-0.2, -0.15) is 0 Å². The third-order valence-electron chi connectivity index (χ3n) is 3.32. The number of Topliss-reactive ketones (excluding diaryl/α,β-unsaturated/α-hetero) is 1. The Morgan fingerprint density at radius 1 is 1.38 bits per heavy atom. The zero-order chi connectivity index (χ0) is 12.1. The normalized spacial score (nSPS) is 21.1. The molecule has 1 fully saturated rings. The number of hydrogen-bond acceptors (Lipinski definition) is 2. The Morgan fingerprint density at radius 2 is 2.00 bits per heavy atom. The van der Waals surface area contributed by atoms with E-state index >= 15 is 0 Å². The van der Waals surface area contributed by atoms with E-state index in [4.69, 9.17) is 0 Å². The number of ketones is 1. The van der Waals surface area contributed by atoms with Crippen LogP contribution in [-0.4, -0.2) is 47.8 Å². The molecule has 0 spiro atoms.